The van der Waals surface area contributed by atoms with Gasteiger partial charge in [0.2, 0.25) is 0 Å². The van der Waals surface area contributed by atoms with Crippen molar-refractivity contribution in [2.75, 3.05) is 5.32 Å². The number of rotatable bonds is 5. The van der Waals surface area contributed by atoms with E-state index in [0.29, 0.717) is 17.8 Å². The van der Waals surface area contributed by atoms with Gasteiger partial charge >= 0.3 is 12.0 Å². The monoisotopic (exact) mass is 268 g/mol. The predicted octanol–water partition coefficient (Wildman–Crippen LogP) is 1.79. The first-order chi connectivity index (χ1) is 8.71. The summed E-state index contributed by atoms with van der Waals surface area (Å²) >= 11 is 0. The molecule has 0 aliphatic carbocycles. The summed E-state index contributed by atoms with van der Waals surface area (Å²) < 4.78 is 0. The highest BCUT2D eigenvalue weighted by Crippen LogP contribution is 2.17. The fourth-order valence-electron chi connectivity index (χ4n) is 1.67. The molecule has 0 spiro atoms. The van der Waals surface area contributed by atoms with E-state index in [2.05, 4.69) is 20.8 Å². The zero-order valence-corrected chi connectivity index (χ0v) is 11.6. The van der Waals surface area contributed by atoms with Crippen molar-refractivity contribution in [3.8, 4) is 0 Å². The Bertz CT molecular complexity index is 460. The topological polar surface area (TPSA) is 107 Å². The van der Waals surface area contributed by atoms with Gasteiger partial charge in [0.15, 0.2) is 0 Å². The molecular formula is C12H20N4O3. The zero-order chi connectivity index (χ0) is 14.6. The van der Waals surface area contributed by atoms with Gasteiger partial charge in [-0.25, -0.2) is 4.79 Å². The SMILES string of the molecule is Cc1n[nH]c(C)c1NC(=O)NC(C)(C)CCC(=O)O. The molecule has 0 fully saturated rings. The standard InChI is InChI=1S/C12H20N4O3/c1-7-10(8(2)16-15-7)13-11(19)14-12(3,4)6-5-9(17)18/h5-6H2,1-4H3,(H,15,16)(H,17,18)(H2,13,14,19). The summed E-state index contributed by atoms with van der Waals surface area (Å²) in [6.07, 6.45) is 0.371. The minimum atomic E-state index is -0.878. The number of aromatic nitrogens is 2. The molecule has 0 saturated heterocycles. The highest BCUT2D eigenvalue weighted by atomic mass is 16.4. The maximum absolute atomic E-state index is 11.9. The lowest BCUT2D eigenvalue weighted by molar-refractivity contribution is -0.137. The van der Waals surface area contributed by atoms with Crippen molar-refractivity contribution in [3.05, 3.63) is 11.4 Å². The second-order valence-electron chi connectivity index (χ2n) is 5.17. The van der Waals surface area contributed by atoms with E-state index in [1.54, 1.807) is 20.8 Å². The smallest absolute Gasteiger partial charge is 0.319 e. The summed E-state index contributed by atoms with van der Waals surface area (Å²) in [6.45, 7) is 7.16. The van der Waals surface area contributed by atoms with E-state index in [0.717, 1.165) is 5.69 Å². The molecule has 4 N–H and O–H groups in total. The van der Waals surface area contributed by atoms with E-state index < -0.39 is 11.5 Å². The number of urea groups is 1. The van der Waals surface area contributed by atoms with Crippen molar-refractivity contribution in [1.29, 1.82) is 0 Å². The molecule has 0 aliphatic rings. The molecule has 1 aromatic heterocycles. The lowest BCUT2D eigenvalue weighted by Gasteiger charge is -2.25. The number of nitrogens with one attached hydrogen (secondary N) is 3. The summed E-state index contributed by atoms with van der Waals surface area (Å²) in [4.78, 5) is 22.4. The molecule has 0 aromatic carbocycles. The van der Waals surface area contributed by atoms with Crippen LogP contribution in [0.2, 0.25) is 0 Å². The fraction of sp³-hybridized carbons (Fsp3) is 0.583. The summed E-state index contributed by atoms with van der Waals surface area (Å²) in [5.41, 5.74) is 1.53. The fourth-order valence-corrected chi connectivity index (χ4v) is 1.67. The zero-order valence-electron chi connectivity index (χ0n) is 11.6. The Morgan fingerprint density at radius 1 is 1.37 bits per heavy atom. The Hall–Kier alpha value is -2.05. The number of amides is 2. The van der Waals surface area contributed by atoms with Crippen LogP contribution in [0, 0.1) is 13.8 Å². The van der Waals surface area contributed by atoms with Crippen molar-refractivity contribution in [3.63, 3.8) is 0 Å². The van der Waals surface area contributed by atoms with E-state index >= 15 is 0 Å². The van der Waals surface area contributed by atoms with Crippen LogP contribution in [0.25, 0.3) is 0 Å². The van der Waals surface area contributed by atoms with Crippen molar-refractivity contribution in [1.82, 2.24) is 15.5 Å². The Labute approximate surface area is 111 Å². The Morgan fingerprint density at radius 2 is 2.00 bits per heavy atom. The van der Waals surface area contributed by atoms with Gasteiger partial charge in [0, 0.05) is 12.0 Å². The number of nitrogens with zero attached hydrogens (tertiary/aromatic N) is 1. The molecule has 1 rings (SSSR count). The van der Waals surface area contributed by atoms with Crippen LogP contribution < -0.4 is 10.6 Å². The van der Waals surface area contributed by atoms with Gasteiger partial charge in [-0.05, 0) is 34.1 Å². The first kappa shape index (κ1) is 15.0. The Morgan fingerprint density at radius 3 is 2.47 bits per heavy atom. The first-order valence-electron chi connectivity index (χ1n) is 6.04. The van der Waals surface area contributed by atoms with E-state index in [-0.39, 0.29) is 12.5 Å². The van der Waals surface area contributed by atoms with E-state index in [1.165, 1.54) is 0 Å². The van der Waals surface area contributed by atoms with Crippen LogP contribution >= 0.6 is 0 Å². The van der Waals surface area contributed by atoms with Gasteiger partial charge in [0.05, 0.1) is 17.1 Å². The Kier molecular flexibility index (Phi) is 4.52. The molecule has 0 aliphatic heterocycles. The summed E-state index contributed by atoms with van der Waals surface area (Å²) in [5, 5.41) is 20.9. The predicted molar refractivity (Wildman–Crippen MR) is 71.2 cm³/mol. The lowest BCUT2D eigenvalue weighted by atomic mass is 9.99. The van der Waals surface area contributed by atoms with E-state index in [1.807, 2.05) is 6.92 Å². The van der Waals surface area contributed by atoms with Crippen molar-refractivity contribution in [2.45, 2.75) is 46.1 Å². The van der Waals surface area contributed by atoms with Crippen LogP contribution in [0.15, 0.2) is 0 Å². The molecule has 0 unspecified atom stereocenters. The highest BCUT2D eigenvalue weighted by molar-refractivity contribution is 5.90. The quantitative estimate of drug-likeness (QED) is 0.653. The molecule has 0 radical (unpaired) electrons. The number of hydrogen-bond acceptors (Lipinski definition) is 3. The highest BCUT2D eigenvalue weighted by Gasteiger charge is 2.22. The van der Waals surface area contributed by atoms with Gasteiger partial charge < -0.3 is 15.7 Å². The third-order valence-corrected chi connectivity index (χ3v) is 2.78. The number of aryl methyl sites for hydroxylation is 2. The van der Waals surface area contributed by atoms with Gasteiger partial charge in [-0.2, -0.15) is 5.10 Å². The van der Waals surface area contributed by atoms with Crippen LogP contribution in [-0.4, -0.2) is 32.8 Å². The normalized spacial score (nSPS) is 11.2. The van der Waals surface area contributed by atoms with Gasteiger partial charge in [-0.1, -0.05) is 0 Å². The largest absolute Gasteiger partial charge is 0.481 e. The second kappa shape index (κ2) is 5.73. The molecule has 19 heavy (non-hydrogen) atoms. The molecule has 0 bridgehead atoms. The average molecular weight is 268 g/mol. The van der Waals surface area contributed by atoms with Crippen LogP contribution in [0.3, 0.4) is 0 Å². The molecule has 7 nitrogen and oxygen atoms in total. The van der Waals surface area contributed by atoms with Gasteiger partial charge in [0.1, 0.15) is 0 Å². The minimum absolute atomic E-state index is 0.0110. The number of H-pyrrole nitrogens is 1. The molecule has 0 atom stereocenters. The van der Waals surface area contributed by atoms with Crippen LogP contribution in [0.5, 0.6) is 0 Å². The molecule has 2 amide bonds. The molecule has 7 heteroatoms. The van der Waals surface area contributed by atoms with Crippen molar-refractivity contribution < 1.29 is 14.7 Å². The minimum Gasteiger partial charge on any atom is -0.481 e. The number of carbonyl (C=O) groups excluding carboxylic acids is 1. The molecule has 1 heterocycles. The summed E-state index contributed by atoms with van der Waals surface area (Å²) in [6, 6.07) is -0.372. The molecule has 106 valence electrons. The number of carboxylic acid groups (broad SMARTS) is 1. The molecule has 0 saturated carbocycles. The van der Waals surface area contributed by atoms with E-state index in [9.17, 15) is 9.59 Å². The summed E-state index contributed by atoms with van der Waals surface area (Å²) in [7, 11) is 0. The number of aliphatic carboxylic acids is 1. The number of carbonyl (C=O) groups is 2. The van der Waals surface area contributed by atoms with E-state index in [4.69, 9.17) is 5.11 Å². The molecule has 1 aromatic rings. The number of aromatic amines is 1. The first-order valence-corrected chi connectivity index (χ1v) is 6.04. The number of carboxylic acids is 1. The third-order valence-electron chi connectivity index (χ3n) is 2.78. The maximum Gasteiger partial charge on any atom is 0.319 e. The second-order valence-corrected chi connectivity index (χ2v) is 5.17. The maximum atomic E-state index is 11.9. The third kappa shape index (κ3) is 4.61. The van der Waals surface area contributed by atoms with Crippen molar-refractivity contribution >= 4 is 17.7 Å². The lowest BCUT2D eigenvalue weighted by Crippen LogP contribution is -2.45. The van der Waals surface area contributed by atoms with Gasteiger partial charge in [-0.15, -0.1) is 0 Å². The van der Waals surface area contributed by atoms with Crippen LogP contribution in [-0.2, 0) is 4.79 Å². The average Bonchev–Trinajstić information content (AvgIpc) is 2.57. The number of hydrogen-bond donors (Lipinski definition) is 4. The van der Waals surface area contributed by atoms with Gasteiger partial charge in [-0.3, -0.25) is 9.89 Å². The van der Waals surface area contributed by atoms with Crippen LogP contribution in [0.4, 0.5) is 10.5 Å². The Balaban J connectivity index is 2.57. The number of anilines is 1. The summed E-state index contributed by atoms with van der Waals surface area (Å²) in [5.74, 6) is -0.878. The van der Waals surface area contributed by atoms with Gasteiger partial charge in [0.25, 0.3) is 0 Å². The molecular weight excluding hydrogens is 248 g/mol. The van der Waals surface area contributed by atoms with Crippen LogP contribution in [0.1, 0.15) is 38.1 Å². The van der Waals surface area contributed by atoms with Crippen molar-refractivity contribution in [2.24, 2.45) is 0 Å².